The van der Waals surface area contributed by atoms with Gasteiger partial charge in [0.25, 0.3) is 0 Å². The fraction of sp³-hybridized carbons (Fsp3) is 0.0870. The van der Waals surface area contributed by atoms with Gasteiger partial charge in [0.05, 0.1) is 10.8 Å². The minimum Gasteiger partial charge on any atom is -0.455 e. The van der Waals surface area contributed by atoms with E-state index < -0.39 is 0 Å². The molecule has 4 aromatic carbocycles. The molecule has 0 N–H and O–H groups in total. The molecule has 2 heteroatoms. The second-order valence-electron chi connectivity index (χ2n) is 6.66. The van der Waals surface area contributed by atoms with Crippen molar-refractivity contribution in [2.24, 2.45) is 0 Å². The Hall–Kier alpha value is -3.13. The van der Waals surface area contributed by atoms with Crippen LogP contribution in [0, 0.1) is 13.8 Å². The Morgan fingerprint density at radius 1 is 0.680 bits per heavy atom. The quantitative estimate of drug-likeness (QED) is 0.263. The Morgan fingerprint density at radius 3 is 2.04 bits per heavy atom. The van der Waals surface area contributed by atoms with Crippen LogP contribution in [0.4, 0.5) is 0 Å². The van der Waals surface area contributed by atoms with E-state index in [1.165, 1.54) is 11.1 Å². The number of para-hydroxylation sites is 1. The molecule has 0 spiro atoms. The summed E-state index contributed by atoms with van der Waals surface area (Å²) >= 11 is 0. The van der Waals surface area contributed by atoms with E-state index in [0.717, 1.165) is 21.5 Å². The van der Waals surface area contributed by atoms with Gasteiger partial charge >= 0.3 is 0 Å². The van der Waals surface area contributed by atoms with Crippen molar-refractivity contribution in [3.63, 3.8) is 0 Å². The molecule has 0 bridgehead atoms. The second-order valence-corrected chi connectivity index (χ2v) is 6.66. The minimum atomic E-state index is 0.0378. The van der Waals surface area contributed by atoms with Gasteiger partial charge < -0.3 is 4.42 Å². The van der Waals surface area contributed by atoms with E-state index in [1.807, 2.05) is 42.5 Å². The zero-order valence-corrected chi connectivity index (χ0v) is 14.1. The molecule has 0 fully saturated rings. The van der Waals surface area contributed by atoms with Crippen LogP contribution in [0.15, 0.2) is 69.9 Å². The number of rotatable bonds is 0. The molecule has 1 aromatic heterocycles. The molecule has 0 aliphatic carbocycles. The van der Waals surface area contributed by atoms with Crippen molar-refractivity contribution in [2.75, 3.05) is 0 Å². The molecule has 5 rings (SSSR count). The summed E-state index contributed by atoms with van der Waals surface area (Å²) in [6.07, 6.45) is 0. The molecule has 5 aromatic rings. The van der Waals surface area contributed by atoms with E-state index in [0.29, 0.717) is 21.9 Å². The summed E-state index contributed by atoms with van der Waals surface area (Å²) in [5.74, 6) is 0. The van der Waals surface area contributed by atoms with E-state index in [1.54, 1.807) is 0 Å². The van der Waals surface area contributed by atoms with Gasteiger partial charge in [-0.1, -0.05) is 48.5 Å². The van der Waals surface area contributed by atoms with Crippen molar-refractivity contribution in [3.8, 4) is 0 Å². The maximum atomic E-state index is 13.3. The van der Waals surface area contributed by atoms with Crippen LogP contribution in [0.3, 0.4) is 0 Å². The van der Waals surface area contributed by atoms with E-state index in [-0.39, 0.29) is 5.43 Å². The van der Waals surface area contributed by atoms with Crippen LogP contribution in [0.2, 0.25) is 0 Å². The molecule has 0 unspecified atom stereocenters. The topological polar surface area (TPSA) is 30.2 Å². The van der Waals surface area contributed by atoms with Gasteiger partial charge in [-0.3, -0.25) is 4.79 Å². The van der Waals surface area contributed by atoms with Crippen molar-refractivity contribution < 1.29 is 4.42 Å². The van der Waals surface area contributed by atoms with Gasteiger partial charge in [-0.25, -0.2) is 0 Å². The molecule has 0 atom stereocenters. The van der Waals surface area contributed by atoms with Crippen molar-refractivity contribution in [1.82, 2.24) is 0 Å². The van der Waals surface area contributed by atoms with Crippen LogP contribution in [-0.4, -0.2) is 0 Å². The average Bonchev–Trinajstić information content (AvgIpc) is 2.63. The lowest BCUT2D eigenvalue weighted by atomic mass is 9.93. The summed E-state index contributed by atoms with van der Waals surface area (Å²) in [6.45, 7) is 4.19. The molecule has 120 valence electrons. The minimum absolute atomic E-state index is 0.0378. The molecule has 0 amide bonds. The molecule has 0 aliphatic rings. The van der Waals surface area contributed by atoms with E-state index >= 15 is 0 Å². The van der Waals surface area contributed by atoms with Gasteiger partial charge in [0.2, 0.25) is 5.43 Å². The van der Waals surface area contributed by atoms with Gasteiger partial charge in [-0.15, -0.1) is 0 Å². The maximum Gasteiger partial charge on any atom is 0.201 e. The average molecular weight is 324 g/mol. The Labute approximate surface area is 144 Å². The summed E-state index contributed by atoms with van der Waals surface area (Å²) in [5.41, 5.74) is 3.75. The first-order valence-electron chi connectivity index (χ1n) is 8.42. The van der Waals surface area contributed by atoms with Crippen molar-refractivity contribution >= 4 is 43.5 Å². The molecule has 2 nitrogen and oxygen atoms in total. The molecule has 0 radical (unpaired) electrons. The van der Waals surface area contributed by atoms with Crippen LogP contribution in [0.5, 0.6) is 0 Å². The first-order valence-corrected chi connectivity index (χ1v) is 8.42. The fourth-order valence-electron chi connectivity index (χ4n) is 3.74. The highest BCUT2D eigenvalue weighted by atomic mass is 16.3. The third kappa shape index (κ3) is 1.88. The normalized spacial score (nSPS) is 11.8. The van der Waals surface area contributed by atoms with Crippen LogP contribution in [0.25, 0.3) is 43.5 Å². The lowest BCUT2D eigenvalue weighted by Crippen LogP contribution is -2.03. The third-order valence-electron chi connectivity index (χ3n) is 5.16. The van der Waals surface area contributed by atoms with Crippen molar-refractivity contribution in [2.45, 2.75) is 13.8 Å². The second kappa shape index (κ2) is 4.93. The molecule has 1 heterocycles. The van der Waals surface area contributed by atoms with Crippen LogP contribution in [-0.2, 0) is 0 Å². The molecule has 0 saturated heterocycles. The first-order chi connectivity index (χ1) is 12.1. The van der Waals surface area contributed by atoms with Gasteiger partial charge in [-0.2, -0.15) is 0 Å². The number of aryl methyl sites for hydroxylation is 2. The highest BCUT2D eigenvalue weighted by Gasteiger charge is 2.16. The lowest BCUT2D eigenvalue weighted by Gasteiger charge is -2.12. The highest BCUT2D eigenvalue weighted by molar-refractivity contribution is 6.24. The van der Waals surface area contributed by atoms with Crippen molar-refractivity contribution in [3.05, 3.63) is 82.0 Å². The molecular weight excluding hydrogens is 308 g/mol. The fourth-order valence-corrected chi connectivity index (χ4v) is 3.74. The summed E-state index contributed by atoms with van der Waals surface area (Å²) in [6, 6.07) is 19.9. The van der Waals surface area contributed by atoms with Crippen LogP contribution in [0.1, 0.15) is 11.1 Å². The lowest BCUT2D eigenvalue weighted by molar-refractivity contribution is 0.664. The van der Waals surface area contributed by atoms with Crippen LogP contribution >= 0.6 is 0 Å². The Kier molecular flexibility index (Phi) is 2.81. The predicted octanol–water partition coefficient (Wildman–Crippen LogP) is 5.87. The summed E-state index contributed by atoms with van der Waals surface area (Å²) in [4.78, 5) is 13.3. The summed E-state index contributed by atoms with van der Waals surface area (Å²) in [7, 11) is 0. The highest BCUT2D eigenvalue weighted by Crippen LogP contribution is 2.36. The third-order valence-corrected chi connectivity index (χ3v) is 5.16. The van der Waals surface area contributed by atoms with E-state index in [9.17, 15) is 4.79 Å². The SMILES string of the molecule is Cc1cc2c3ccccc3c3oc4ccccc4c(=O)c3c2cc1C. The van der Waals surface area contributed by atoms with E-state index in [4.69, 9.17) is 4.42 Å². The van der Waals surface area contributed by atoms with Gasteiger partial charge in [0, 0.05) is 5.39 Å². The molecule has 0 aliphatic heterocycles. The zero-order chi connectivity index (χ0) is 17.1. The van der Waals surface area contributed by atoms with Crippen molar-refractivity contribution in [1.29, 1.82) is 0 Å². The summed E-state index contributed by atoms with van der Waals surface area (Å²) in [5, 5.41) is 5.48. The van der Waals surface area contributed by atoms with Gasteiger partial charge in [0.15, 0.2) is 0 Å². The smallest absolute Gasteiger partial charge is 0.201 e. The Balaban J connectivity index is 2.22. The van der Waals surface area contributed by atoms with Gasteiger partial charge in [-0.05, 0) is 53.3 Å². The largest absolute Gasteiger partial charge is 0.455 e. The monoisotopic (exact) mass is 324 g/mol. The number of hydrogen-bond acceptors (Lipinski definition) is 2. The van der Waals surface area contributed by atoms with Gasteiger partial charge in [0.1, 0.15) is 11.2 Å². The zero-order valence-electron chi connectivity index (χ0n) is 14.1. The van der Waals surface area contributed by atoms with Crippen LogP contribution < -0.4 is 5.43 Å². The standard InChI is InChI=1S/C23H16O2/c1-13-11-18-15-7-3-4-8-16(15)23-21(19(18)12-14(13)2)22(24)17-9-5-6-10-20(17)25-23/h3-12H,1-2H3. The molecule has 25 heavy (non-hydrogen) atoms. The number of benzene rings is 4. The van der Waals surface area contributed by atoms with E-state index in [2.05, 4.69) is 32.0 Å². The Bertz CT molecular complexity index is 1370. The number of hydrogen-bond donors (Lipinski definition) is 0. The Morgan fingerprint density at radius 2 is 1.28 bits per heavy atom. The molecular formula is C23H16O2. The summed E-state index contributed by atoms with van der Waals surface area (Å²) < 4.78 is 6.22. The number of fused-ring (bicyclic) bond motifs is 7. The first kappa shape index (κ1) is 14.2. The predicted molar refractivity (Wildman–Crippen MR) is 104 cm³/mol. The maximum absolute atomic E-state index is 13.3. The molecule has 0 saturated carbocycles.